The van der Waals surface area contributed by atoms with E-state index in [2.05, 4.69) is 394 Å². The number of fused-ring (bicyclic) bond motifs is 18. The second-order valence-electron chi connectivity index (χ2n) is 29.5. The maximum Gasteiger partial charge on any atom is 0.143 e. The van der Waals surface area contributed by atoms with Crippen LogP contribution in [0.5, 0.6) is 0 Å². The third-order valence-corrected chi connectivity index (χ3v) is 24.5. The molecule has 22 rings (SSSR count). The zero-order valence-electron chi connectivity index (χ0n) is 60.4. The van der Waals surface area contributed by atoms with E-state index in [0.29, 0.717) is 0 Å². The fourth-order valence-electron chi connectivity index (χ4n) is 18.3. The molecular weight excluding hydrogens is 1350 g/mol. The maximum atomic E-state index is 6.80. The lowest BCUT2D eigenvalue weighted by Crippen LogP contribution is -2.27. The van der Waals surface area contributed by atoms with Crippen LogP contribution >= 0.6 is 11.3 Å². The molecule has 17 aromatic carbocycles. The summed E-state index contributed by atoms with van der Waals surface area (Å²) < 4.78 is 13.6. The quantitative estimate of drug-likeness (QED) is 0.122. The Labute approximate surface area is 641 Å². The summed E-state index contributed by atoms with van der Waals surface area (Å²) in [4.78, 5) is 7.55. The number of hydrogen-bond donors (Lipinski definition) is 0. The van der Waals surface area contributed by atoms with Gasteiger partial charge in [-0.05, 0) is 186 Å². The summed E-state index contributed by atoms with van der Waals surface area (Å²) in [5.74, 6) is 0. The number of aryl methyl sites for hydroxylation is 2. The lowest BCUT2D eigenvalue weighted by molar-refractivity contribution is 0.669. The lowest BCUT2D eigenvalue weighted by atomic mass is 9.69. The van der Waals surface area contributed by atoms with Crippen molar-refractivity contribution in [3.05, 3.63) is 409 Å². The fourth-order valence-corrected chi connectivity index (χ4v) is 19.6. The number of nitrogens with zero attached hydrogens (tertiary/aromatic N) is 2. The summed E-state index contributed by atoms with van der Waals surface area (Å²) in [7, 11) is 0. The van der Waals surface area contributed by atoms with E-state index >= 15 is 0 Å². The van der Waals surface area contributed by atoms with Crippen LogP contribution in [0, 0.1) is 13.8 Å². The van der Waals surface area contributed by atoms with Crippen molar-refractivity contribution >= 4 is 111 Å². The second kappa shape index (κ2) is 25.1. The predicted octanol–water partition coefficient (Wildman–Crippen LogP) is 29.8. The summed E-state index contributed by atoms with van der Waals surface area (Å²) in [6.07, 6.45) is 0. The smallest absolute Gasteiger partial charge is 0.143 e. The standard InChI is InChI=1S/C105H68N2O2S/c1-65-41-59-86-87-60-42-66(2)62-93(87)105(92(86)61-65)94-63-79(106(75-51-43-69(44-52-75)82-33-17-27-67-21-9-11-29-80(67)82)76-53-47-71(48-54-76)84-35-19-37-90-88-31-13-15-39-96(88)108-101(84)90)64-95(98(94)99-100(105)104(74-25-7-4-8-26-74)110-103(99)73-23-5-3-6-24-73)107(77-55-45-70(46-56-77)83-34-18-28-68-22-10-12-30-81(68)83)78-57-49-72(50-58-78)85-36-20-38-91-89-32-14-16-40-97(89)109-102(85)91/h3-64H,1-2H3. The van der Waals surface area contributed by atoms with Gasteiger partial charge in [-0.2, -0.15) is 0 Å². The van der Waals surface area contributed by atoms with Crippen LogP contribution in [0.25, 0.3) is 153 Å². The molecule has 0 atom stereocenters. The normalized spacial score (nSPS) is 12.5. The largest absolute Gasteiger partial charge is 0.455 e. The van der Waals surface area contributed by atoms with Gasteiger partial charge in [0, 0.05) is 82.0 Å². The minimum atomic E-state index is -0.856. The molecular formula is C105H68N2O2S. The van der Waals surface area contributed by atoms with Gasteiger partial charge < -0.3 is 18.6 Å². The molecule has 110 heavy (non-hydrogen) atoms. The van der Waals surface area contributed by atoms with E-state index < -0.39 is 5.41 Å². The summed E-state index contributed by atoms with van der Waals surface area (Å²) in [6.45, 7) is 4.54. The van der Waals surface area contributed by atoms with Crippen molar-refractivity contribution in [3.8, 4) is 87.6 Å². The van der Waals surface area contributed by atoms with E-state index in [1.807, 2.05) is 17.4 Å². The monoisotopic (exact) mass is 1420 g/mol. The maximum absolute atomic E-state index is 6.80. The average Bonchev–Trinajstić information content (AvgIpc) is 1.48. The van der Waals surface area contributed by atoms with Crippen LogP contribution in [0.3, 0.4) is 0 Å². The van der Waals surface area contributed by atoms with Crippen molar-refractivity contribution in [1.29, 1.82) is 0 Å². The lowest BCUT2D eigenvalue weighted by Gasteiger charge is -2.35. The third kappa shape index (κ3) is 9.84. The molecule has 0 saturated carbocycles. The van der Waals surface area contributed by atoms with Gasteiger partial charge >= 0.3 is 0 Å². The van der Waals surface area contributed by atoms with Crippen molar-refractivity contribution in [2.24, 2.45) is 0 Å². The van der Waals surface area contributed by atoms with Gasteiger partial charge in [0.25, 0.3) is 0 Å². The molecule has 516 valence electrons. The molecule has 4 nitrogen and oxygen atoms in total. The van der Waals surface area contributed by atoms with Crippen molar-refractivity contribution in [3.63, 3.8) is 0 Å². The molecule has 2 aliphatic rings. The van der Waals surface area contributed by atoms with Crippen molar-refractivity contribution in [2.75, 3.05) is 9.80 Å². The highest BCUT2D eigenvalue weighted by Crippen LogP contribution is 2.71. The third-order valence-electron chi connectivity index (χ3n) is 23.2. The molecule has 0 amide bonds. The molecule has 3 heterocycles. The van der Waals surface area contributed by atoms with Crippen LogP contribution < -0.4 is 9.80 Å². The van der Waals surface area contributed by atoms with Crippen LogP contribution in [0.2, 0.25) is 0 Å². The molecule has 0 N–H and O–H groups in total. The molecule has 3 aromatic heterocycles. The average molecular weight is 1420 g/mol. The Balaban J connectivity index is 0.862. The van der Waals surface area contributed by atoms with Crippen LogP contribution in [-0.4, -0.2) is 0 Å². The van der Waals surface area contributed by atoms with E-state index in [1.54, 1.807) is 0 Å². The number of anilines is 6. The van der Waals surface area contributed by atoms with E-state index in [9.17, 15) is 0 Å². The summed E-state index contributed by atoms with van der Waals surface area (Å²) in [6, 6.07) is 140. The van der Waals surface area contributed by atoms with Gasteiger partial charge in [0.2, 0.25) is 0 Å². The van der Waals surface area contributed by atoms with Crippen molar-refractivity contribution in [1.82, 2.24) is 0 Å². The zero-order valence-corrected chi connectivity index (χ0v) is 61.2. The fraction of sp³-hybridized carbons (Fsp3) is 0.0286. The first-order valence-electron chi connectivity index (χ1n) is 37.8. The molecule has 0 aliphatic heterocycles. The van der Waals surface area contributed by atoms with E-state index in [1.165, 1.54) is 109 Å². The van der Waals surface area contributed by atoms with Gasteiger partial charge in [0.05, 0.1) is 11.1 Å². The highest BCUT2D eigenvalue weighted by Gasteiger charge is 2.56. The predicted molar refractivity (Wildman–Crippen MR) is 462 cm³/mol. The Morgan fingerprint density at radius 1 is 0.255 bits per heavy atom. The van der Waals surface area contributed by atoms with Gasteiger partial charge in [0.1, 0.15) is 22.3 Å². The molecule has 5 heteroatoms. The van der Waals surface area contributed by atoms with E-state index in [0.717, 1.165) is 111 Å². The molecule has 0 bridgehead atoms. The Hall–Kier alpha value is -13.8. The zero-order chi connectivity index (χ0) is 72.7. The van der Waals surface area contributed by atoms with Crippen molar-refractivity contribution < 1.29 is 8.83 Å². The van der Waals surface area contributed by atoms with E-state index in [4.69, 9.17) is 8.83 Å². The molecule has 20 aromatic rings. The Bertz CT molecular complexity index is 7030. The molecule has 0 unspecified atom stereocenters. The van der Waals surface area contributed by atoms with Gasteiger partial charge in [-0.15, -0.1) is 11.3 Å². The minimum Gasteiger partial charge on any atom is -0.455 e. The highest BCUT2D eigenvalue weighted by atomic mass is 32.1. The van der Waals surface area contributed by atoms with Crippen LogP contribution in [-0.2, 0) is 5.41 Å². The number of para-hydroxylation sites is 4. The summed E-state index contributed by atoms with van der Waals surface area (Å²) in [5.41, 5.74) is 32.3. The number of rotatable bonds is 12. The minimum absolute atomic E-state index is 0.856. The summed E-state index contributed by atoms with van der Waals surface area (Å²) in [5, 5.41) is 9.25. The molecule has 0 fully saturated rings. The molecule has 1 spiro atoms. The highest BCUT2D eigenvalue weighted by molar-refractivity contribution is 7.19. The number of hydrogen-bond acceptors (Lipinski definition) is 5. The molecule has 0 radical (unpaired) electrons. The van der Waals surface area contributed by atoms with Gasteiger partial charge in [-0.1, -0.05) is 314 Å². The first-order chi connectivity index (χ1) is 54.4. The summed E-state index contributed by atoms with van der Waals surface area (Å²) >= 11 is 1.93. The van der Waals surface area contributed by atoms with Crippen LogP contribution in [0.1, 0.15) is 33.4 Å². The number of furan rings is 2. The van der Waals surface area contributed by atoms with E-state index in [-0.39, 0.29) is 0 Å². The van der Waals surface area contributed by atoms with Crippen LogP contribution in [0.4, 0.5) is 34.1 Å². The SMILES string of the molecule is Cc1ccc2c(c1)C1(c3cc(C)ccc3-2)c2cc(N(c3ccc(-c4cccc5ccccc45)cc3)c3ccc(-c4cccc5c4oc4ccccc45)cc3)cc(N(c3ccc(-c4cccc5ccccc45)cc3)c3ccc(-c4cccc5c4oc4ccccc45)cc3)c2-c2c(-c3ccccc3)sc(-c3ccccc3)c21. The van der Waals surface area contributed by atoms with Crippen LogP contribution in [0.15, 0.2) is 385 Å². The Kier molecular flexibility index (Phi) is 14.5. The first-order valence-corrected chi connectivity index (χ1v) is 38.7. The second-order valence-corrected chi connectivity index (χ2v) is 30.5. The molecule has 2 aliphatic carbocycles. The Morgan fingerprint density at radius 3 is 1.12 bits per heavy atom. The first kappa shape index (κ1) is 63.4. The van der Waals surface area contributed by atoms with Gasteiger partial charge in [0.15, 0.2) is 0 Å². The Morgan fingerprint density at radius 2 is 0.636 bits per heavy atom. The van der Waals surface area contributed by atoms with Gasteiger partial charge in [-0.25, -0.2) is 0 Å². The van der Waals surface area contributed by atoms with Crippen molar-refractivity contribution in [2.45, 2.75) is 19.3 Å². The molecule has 0 saturated heterocycles. The number of thiophene rings is 1. The number of benzene rings is 17. The topological polar surface area (TPSA) is 32.8 Å². The van der Waals surface area contributed by atoms with Gasteiger partial charge in [-0.3, -0.25) is 0 Å².